The first kappa shape index (κ1) is 21.8. The van der Waals surface area contributed by atoms with Crippen LogP contribution in [-0.2, 0) is 4.74 Å². The Hall–Kier alpha value is -3.42. The first-order valence-electron chi connectivity index (χ1n) is 10.9. The van der Waals surface area contributed by atoms with E-state index in [1.54, 1.807) is 15.9 Å². The summed E-state index contributed by atoms with van der Waals surface area (Å²) in [6.07, 6.45) is 4.53. The number of hydrogen-bond acceptors (Lipinski definition) is 6. The van der Waals surface area contributed by atoms with Crippen molar-refractivity contribution in [1.82, 2.24) is 24.6 Å². The lowest BCUT2D eigenvalue weighted by molar-refractivity contribution is 0.0126. The van der Waals surface area contributed by atoms with Crippen LogP contribution in [0, 0.1) is 6.92 Å². The molecule has 168 valence electrons. The Morgan fingerprint density at radius 2 is 1.78 bits per heavy atom. The molecule has 2 aromatic heterocycles. The molecule has 0 N–H and O–H groups in total. The fraction of sp³-hybridized carbons (Fsp3) is 0.417. The van der Waals surface area contributed by atoms with Gasteiger partial charge in [-0.25, -0.2) is 19.4 Å². The Balaban J connectivity index is 1.34. The molecule has 1 fully saturated rings. The van der Waals surface area contributed by atoms with Crippen LogP contribution in [0.1, 0.15) is 39.3 Å². The van der Waals surface area contributed by atoms with Crippen LogP contribution < -0.4 is 4.74 Å². The monoisotopic (exact) mass is 435 g/mol. The molecule has 1 aromatic carbocycles. The second kappa shape index (κ2) is 8.98. The lowest BCUT2D eigenvalue weighted by Crippen LogP contribution is -2.44. The molecular formula is C24H29N5O3. The normalized spacial score (nSPS) is 14.9. The maximum atomic E-state index is 12.2. The van der Waals surface area contributed by atoms with Gasteiger partial charge in [-0.1, -0.05) is 12.1 Å². The predicted octanol–water partition coefficient (Wildman–Crippen LogP) is 4.42. The summed E-state index contributed by atoms with van der Waals surface area (Å²) in [7, 11) is 0. The minimum atomic E-state index is -0.475. The SMILES string of the molecule is Cc1nc(-n2cncn2)ccc1-c1ccc(OC2CCN(C(=O)OC(C)(C)C)CC2)cc1. The van der Waals surface area contributed by atoms with Gasteiger partial charge in [-0.15, -0.1) is 0 Å². The van der Waals surface area contributed by atoms with E-state index >= 15 is 0 Å². The molecule has 0 saturated carbocycles. The third-order valence-electron chi connectivity index (χ3n) is 5.29. The van der Waals surface area contributed by atoms with Crippen LogP contribution in [0.2, 0.25) is 0 Å². The largest absolute Gasteiger partial charge is 0.490 e. The zero-order chi connectivity index (χ0) is 22.7. The quantitative estimate of drug-likeness (QED) is 0.603. The van der Waals surface area contributed by atoms with Crippen molar-refractivity contribution < 1.29 is 14.3 Å². The van der Waals surface area contributed by atoms with Gasteiger partial charge in [-0.3, -0.25) is 0 Å². The number of aromatic nitrogens is 4. The van der Waals surface area contributed by atoms with E-state index in [0.29, 0.717) is 13.1 Å². The third-order valence-corrected chi connectivity index (χ3v) is 5.29. The van der Waals surface area contributed by atoms with Crippen LogP contribution >= 0.6 is 0 Å². The summed E-state index contributed by atoms with van der Waals surface area (Å²) in [6, 6.07) is 12.0. The number of ether oxygens (including phenoxy) is 2. The summed E-state index contributed by atoms with van der Waals surface area (Å²) in [5, 5.41) is 4.12. The lowest BCUT2D eigenvalue weighted by atomic mass is 10.0. The van der Waals surface area contributed by atoms with Gasteiger partial charge < -0.3 is 14.4 Å². The highest BCUT2D eigenvalue weighted by Gasteiger charge is 2.27. The van der Waals surface area contributed by atoms with Crippen LogP contribution in [0.25, 0.3) is 16.9 Å². The lowest BCUT2D eigenvalue weighted by Gasteiger charge is -2.33. The maximum Gasteiger partial charge on any atom is 0.410 e. The van der Waals surface area contributed by atoms with Crippen LogP contribution in [0.4, 0.5) is 4.79 Å². The highest BCUT2D eigenvalue weighted by atomic mass is 16.6. The summed E-state index contributed by atoms with van der Waals surface area (Å²) in [6.45, 7) is 8.91. The van der Waals surface area contributed by atoms with Crippen molar-refractivity contribution in [1.29, 1.82) is 0 Å². The van der Waals surface area contributed by atoms with E-state index in [2.05, 4.69) is 15.1 Å². The molecule has 32 heavy (non-hydrogen) atoms. The van der Waals surface area contributed by atoms with Crippen molar-refractivity contribution in [2.75, 3.05) is 13.1 Å². The maximum absolute atomic E-state index is 12.2. The topological polar surface area (TPSA) is 82.4 Å². The summed E-state index contributed by atoms with van der Waals surface area (Å²) in [5.74, 6) is 1.57. The summed E-state index contributed by atoms with van der Waals surface area (Å²) in [4.78, 5) is 22.6. The Morgan fingerprint density at radius 3 is 2.38 bits per heavy atom. The zero-order valence-electron chi connectivity index (χ0n) is 19.0. The molecule has 3 aromatic rings. The second-order valence-corrected chi connectivity index (χ2v) is 8.95. The van der Waals surface area contributed by atoms with Gasteiger partial charge in [0.1, 0.15) is 30.1 Å². The number of pyridine rings is 1. The smallest absolute Gasteiger partial charge is 0.410 e. The van der Waals surface area contributed by atoms with Gasteiger partial charge in [0, 0.05) is 37.2 Å². The Kier molecular flexibility index (Phi) is 6.12. The molecule has 1 saturated heterocycles. The summed E-state index contributed by atoms with van der Waals surface area (Å²) < 4.78 is 13.3. The van der Waals surface area contributed by atoms with E-state index in [-0.39, 0.29) is 12.2 Å². The van der Waals surface area contributed by atoms with E-state index in [9.17, 15) is 4.79 Å². The standard InChI is InChI=1S/C24H29N5O3/c1-17-21(9-10-22(27-17)29-16-25-15-26-29)18-5-7-19(8-6-18)31-20-11-13-28(14-12-20)23(30)32-24(2,3)4/h5-10,15-16,20H,11-14H2,1-4H3. The van der Waals surface area contributed by atoms with Crippen LogP contribution in [-0.4, -0.2) is 55.5 Å². The number of benzene rings is 1. The van der Waals surface area contributed by atoms with Crippen molar-refractivity contribution in [3.05, 3.63) is 54.7 Å². The van der Waals surface area contributed by atoms with Crippen molar-refractivity contribution in [2.45, 2.75) is 52.2 Å². The van der Waals surface area contributed by atoms with Gasteiger partial charge in [0.2, 0.25) is 0 Å². The van der Waals surface area contributed by atoms with Gasteiger partial charge in [-0.2, -0.15) is 5.10 Å². The molecule has 8 heteroatoms. The van der Waals surface area contributed by atoms with E-state index in [1.807, 2.05) is 64.1 Å². The van der Waals surface area contributed by atoms with E-state index in [0.717, 1.165) is 41.2 Å². The van der Waals surface area contributed by atoms with E-state index in [1.165, 1.54) is 6.33 Å². The highest BCUT2D eigenvalue weighted by Crippen LogP contribution is 2.27. The average Bonchev–Trinajstić information content (AvgIpc) is 3.29. The summed E-state index contributed by atoms with van der Waals surface area (Å²) >= 11 is 0. The number of nitrogens with zero attached hydrogens (tertiary/aromatic N) is 5. The fourth-order valence-electron chi connectivity index (χ4n) is 3.70. The van der Waals surface area contributed by atoms with Gasteiger partial charge in [-0.05, 0) is 57.5 Å². The molecule has 0 aliphatic carbocycles. The molecule has 1 aliphatic heterocycles. The third kappa shape index (κ3) is 5.25. The van der Waals surface area contributed by atoms with Crippen LogP contribution in [0.5, 0.6) is 5.75 Å². The predicted molar refractivity (Wildman–Crippen MR) is 121 cm³/mol. The molecule has 0 unspecified atom stereocenters. The number of carbonyl (C=O) groups is 1. The number of piperidine rings is 1. The van der Waals surface area contributed by atoms with Gasteiger partial charge in [0.25, 0.3) is 0 Å². The Bertz CT molecular complexity index is 1050. The molecule has 0 spiro atoms. The van der Waals surface area contributed by atoms with Crippen molar-refractivity contribution >= 4 is 6.09 Å². The molecule has 0 bridgehead atoms. The second-order valence-electron chi connectivity index (χ2n) is 8.95. The zero-order valence-corrected chi connectivity index (χ0v) is 19.0. The van der Waals surface area contributed by atoms with Crippen molar-refractivity contribution in [3.8, 4) is 22.7 Å². The molecule has 8 nitrogen and oxygen atoms in total. The Morgan fingerprint density at radius 1 is 1.06 bits per heavy atom. The van der Waals surface area contributed by atoms with Gasteiger partial charge in [0.05, 0.1) is 0 Å². The van der Waals surface area contributed by atoms with E-state index < -0.39 is 5.60 Å². The summed E-state index contributed by atoms with van der Waals surface area (Å²) in [5.41, 5.74) is 2.58. The number of hydrogen-bond donors (Lipinski definition) is 0. The van der Waals surface area contributed by atoms with Crippen LogP contribution in [0.15, 0.2) is 49.1 Å². The molecule has 3 heterocycles. The van der Waals surface area contributed by atoms with Gasteiger partial charge >= 0.3 is 6.09 Å². The minimum absolute atomic E-state index is 0.0879. The van der Waals surface area contributed by atoms with E-state index in [4.69, 9.17) is 9.47 Å². The average molecular weight is 436 g/mol. The fourth-order valence-corrected chi connectivity index (χ4v) is 3.70. The van der Waals surface area contributed by atoms with Crippen molar-refractivity contribution in [2.24, 2.45) is 0 Å². The molecule has 1 amide bonds. The number of likely N-dealkylation sites (tertiary alicyclic amines) is 1. The minimum Gasteiger partial charge on any atom is -0.490 e. The van der Waals surface area contributed by atoms with Gasteiger partial charge in [0.15, 0.2) is 5.82 Å². The highest BCUT2D eigenvalue weighted by molar-refractivity contribution is 5.68. The first-order chi connectivity index (χ1) is 15.3. The molecule has 0 atom stereocenters. The molecular weight excluding hydrogens is 406 g/mol. The molecule has 4 rings (SSSR count). The number of amides is 1. The van der Waals surface area contributed by atoms with Crippen LogP contribution in [0.3, 0.4) is 0 Å². The molecule has 1 aliphatic rings. The Labute approximate surface area is 188 Å². The molecule has 0 radical (unpaired) electrons. The first-order valence-corrected chi connectivity index (χ1v) is 10.9. The number of aryl methyl sites for hydroxylation is 1. The number of rotatable bonds is 4. The van der Waals surface area contributed by atoms with Crippen molar-refractivity contribution in [3.63, 3.8) is 0 Å². The number of carbonyl (C=O) groups excluding carboxylic acids is 1.